The molecule has 0 aliphatic heterocycles. The van der Waals surface area contributed by atoms with Gasteiger partial charge in [-0.2, -0.15) is 0 Å². The molecule has 0 aromatic heterocycles. The number of aryl methyl sites for hydroxylation is 1. The van der Waals surface area contributed by atoms with Crippen LogP contribution in [0.5, 0.6) is 0 Å². The first-order valence-electron chi connectivity index (χ1n) is 5.33. The lowest BCUT2D eigenvalue weighted by molar-refractivity contribution is 0.273. The fourth-order valence-electron chi connectivity index (χ4n) is 2.07. The minimum Gasteiger partial charge on any atom is -0.396 e. The van der Waals surface area contributed by atoms with Crippen molar-refractivity contribution in [2.45, 2.75) is 19.8 Å². The predicted molar refractivity (Wildman–Crippen MR) is 64.2 cm³/mol. The standard InChI is InChI=1S/C14H16O/c1-10-5-3-6-12-7-4-8-13(14(10)12)11(2)9-15/h3-8,11,15H,9H2,1-2H3. The van der Waals surface area contributed by atoms with Gasteiger partial charge in [0.2, 0.25) is 0 Å². The van der Waals surface area contributed by atoms with Crippen molar-refractivity contribution >= 4 is 10.8 Å². The van der Waals surface area contributed by atoms with Crippen LogP contribution in [0.25, 0.3) is 10.8 Å². The molecular formula is C14H16O. The third-order valence-corrected chi connectivity index (χ3v) is 2.95. The summed E-state index contributed by atoms with van der Waals surface area (Å²) < 4.78 is 0. The lowest BCUT2D eigenvalue weighted by atomic mass is 9.93. The molecule has 0 radical (unpaired) electrons. The Bertz CT molecular complexity index is 468. The van der Waals surface area contributed by atoms with Gasteiger partial charge in [0.25, 0.3) is 0 Å². The van der Waals surface area contributed by atoms with Crippen molar-refractivity contribution in [1.29, 1.82) is 0 Å². The first kappa shape index (κ1) is 10.2. The van der Waals surface area contributed by atoms with E-state index in [4.69, 9.17) is 0 Å². The summed E-state index contributed by atoms with van der Waals surface area (Å²) in [6.07, 6.45) is 0. The van der Waals surface area contributed by atoms with Gasteiger partial charge in [-0.3, -0.25) is 0 Å². The van der Waals surface area contributed by atoms with Crippen LogP contribution in [0.2, 0.25) is 0 Å². The van der Waals surface area contributed by atoms with E-state index in [9.17, 15) is 5.11 Å². The molecule has 78 valence electrons. The van der Waals surface area contributed by atoms with Crippen LogP contribution in [0.15, 0.2) is 36.4 Å². The summed E-state index contributed by atoms with van der Waals surface area (Å²) >= 11 is 0. The monoisotopic (exact) mass is 200 g/mol. The summed E-state index contributed by atoms with van der Waals surface area (Å²) in [6, 6.07) is 12.6. The Morgan fingerprint density at radius 2 is 1.80 bits per heavy atom. The van der Waals surface area contributed by atoms with Crippen molar-refractivity contribution in [2.75, 3.05) is 6.61 Å². The van der Waals surface area contributed by atoms with Gasteiger partial charge in [0.05, 0.1) is 0 Å². The summed E-state index contributed by atoms with van der Waals surface area (Å²) in [5.74, 6) is 0.204. The zero-order valence-corrected chi connectivity index (χ0v) is 9.20. The average Bonchev–Trinajstić information content (AvgIpc) is 2.28. The highest BCUT2D eigenvalue weighted by atomic mass is 16.3. The van der Waals surface area contributed by atoms with E-state index in [0.29, 0.717) is 0 Å². The Morgan fingerprint density at radius 1 is 1.13 bits per heavy atom. The third-order valence-electron chi connectivity index (χ3n) is 2.95. The van der Waals surface area contributed by atoms with E-state index >= 15 is 0 Å². The van der Waals surface area contributed by atoms with Crippen molar-refractivity contribution in [1.82, 2.24) is 0 Å². The molecule has 0 fully saturated rings. The fraction of sp³-hybridized carbons (Fsp3) is 0.286. The topological polar surface area (TPSA) is 20.2 Å². The highest BCUT2D eigenvalue weighted by Gasteiger charge is 2.09. The predicted octanol–water partition coefficient (Wildman–Crippen LogP) is 3.24. The van der Waals surface area contributed by atoms with E-state index < -0.39 is 0 Å². The molecule has 0 heterocycles. The number of hydrogen-bond acceptors (Lipinski definition) is 1. The van der Waals surface area contributed by atoms with Crippen molar-refractivity contribution in [3.8, 4) is 0 Å². The van der Waals surface area contributed by atoms with Crippen LogP contribution in [0.3, 0.4) is 0 Å². The van der Waals surface area contributed by atoms with E-state index in [2.05, 4.69) is 50.2 Å². The van der Waals surface area contributed by atoms with Crippen LogP contribution in [0, 0.1) is 6.92 Å². The number of rotatable bonds is 2. The van der Waals surface area contributed by atoms with Crippen LogP contribution in [0.4, 0.5) is 0 Å². The maximum Gasteiger partial charge on any atom is 0.0497 e. The highest BCUT2D eigenvalue weighted by molar-refractivity contribution is 5.89. The molecule has 0 spiro atoms. The Labute approximate surface area is 90.4 Å². The number of benzene rings is 2. The third kappa shape index (κ3) is 1.75. The molecule has 1 heteroatoms. The van der Waals surface area contributed by atoms with Crippen molar-refractivity contribution in [3.63, 3.8) is 0 Å². The van der Waals surface area contributed by atoms with Crippen molar-refractivity contribution < 1.29 is 5.11 Å². The maximum atomic E-state index is 9.24. The Kier molecular flexibility index (Phi) is 2.74. The summed E-state index contributed by atoms with van der Waals surface area (Å²) in [6.45, 7) is 4.38. The van der Waals surface area contributed by atoms with Crippen LogP contribution >= 0.6 is 0 Å². The summed E-state index contributed by atoms with van der Waals surface area (Å²) in [5.41, 5.74) is 2.52. The second kappa shape index (κ2) is 4.03. The lowest BCUT2D eigenvalue weighted by Gasteiger charge is -2.13. The van der Waals surface area contributed by atoms with Gasteiger partial charge in [-0.05, 0) is 28.8 Å². The average molecular weight is 200 g/mol. The van der Waals surface area contributed by atoms with Crippen molar-refractivity contribution in [3.05, 3.63) is 47.5 Å². The van der Waals surface area contributed by atoms with E-state index in [1.54, 1.807) is 0 Å². The molecule has 1 unspecified atom stereocenters. The minimum absolute atomic E-state index is 0.202. The van der Waals surface area contributed by atoms with E-state index in [1.165, 1.54) is 21.9 Å². The van der Waals surface area contributed by atoms with Gasteiger partial charge < -0.3 is 5.11 Å². The van der Waals surface area contributed by atoms with Crippen LogP contribution in [0.1, 0.15) is 24.0 Å². The lowest BCUT2D eigenvalue weighted by Crippen LogP contribution is -2.00. The van der Waals surface area contributed by atoms with Gasteiger partial charge in [0, 0.05) is 12.5 Å². The number of aliphatic hydroxyl groups is 1. The van der Waals surface area contributed by atoms with Crippen LogP contribution in [-0.4, -0.2) is 11.7 Å². The first-order valence-corrected chi connectivity index (χ1v) is 5.33. The van der Waals surface area contributed by atoms with Gasteiger partial charge in [0.15, 0.2) is 0 Å². The minimum atomic E-state index is 0.202. The number of aliphatic hydroxyl groups excluding tert-OH is 1. The normalized spacial score (nSPS) is 13.0. The molecule has 1 nitrogen and oxygen atoms in total. The molecule has 0 aliphatic carbocycles. The van der Waals surface area contributed by atoms with Gasteiger partial charge in [-0.15, -0.1) is 0 Å². The molecule has 15 heavy (non-hydrogen) atoms. The molecule has 1 atom stereocenters. The Hall–Kier alpha value is -1.34. The molecule has 1 N–H and O–H groups in total. The molecule has 0 saturated carbocycles. The Morgan fingerprint density at radius 3 is 2.47 bits per heavy atom. The number of fused-ring (bicyclic) bond motifs is 1. The quantitative estimate of drug-likeness (QED) is 0.789. The summed E-state index contributed by atoms with van der Waals surface area (Å²) in [5, 5.41) is 11.8. The van der Waals surface area contributed by atoms with Crippen LogP contribution in [-0.2, 0) is 0 Å². The second-order valence-electron chi connectivity index (χ2n) is 4.10. The highest BCUT2D eigenvalue weighted by Crippen LogP contribution is 2.27. The second-order valence-corrected chi connectivity index (χ2v) is 4.10. The van der Waals surface area contributed by atoms with Crippen LogP contribution < -0.4 is 0 Å². The molecule has 0 bridgehead atoms. The molecule has 2 aromatic rings. The maximum absolute atomic E-state index is 9.24. The summed E-state index contributed by atoms with van der Waals surface area (Å²) in [4.78, 5) is 0. The van der Waals surface area contributed by atoms with E-state index in [0.717, 1.165) is 0 Å². The molecule has 0 amide bonds. The molecular weight excluding hydrogens is 184 g/mol. The Balaban J connectivity index is 2.74. The molecule has 2 aromatic carbocycles. The van der Waals surface area contributed by atoms with E-state index in [-0.39, 0.29) is 12.5 Å². The fourth-order valence-corrected chi connectivity index (χ4v) is 2.07. The summed E-state index contributed by atoms with van der Waals surface area (Å²) in [7, 11) is 0. The largest absolute Gasteiger partial charge is 0.396 e. The van der Waals surface area contributed by atoms with E-state index in [1.807, 2.05) is 0 Å². The zero-order chi connectivity index (χ0) is 10.8. The van der Waals surface area contributed by atoms with Crippen molar-refractivity contribution in [2.24, 2.45) is 0 Å². The van der Waals surface area contributed by atoms with Gasteiger partial charge in [-0.25, -0.2) is 0 Å². The smallest absolute Gasteiger partial charge is 0.0497 e. The van der Waals surface area contributed by atoms with Gasteiger partial charge in [0.1, 0.15) is 0 Å². The zero-order valence-electron chi connectivity index (χ0n) is 9.20. The van der Waals surface area contributed by atoms with Gasteiger partial charge >= 0.3 is 0 Å². The molecule has 2 rings (SSSR count). The molecule has 0 aliphatic rings. The number of hydrogen-bond donors (Lipinski definition) is 1. The SMILES string of the molecule is Cc1cccc2cccc(C(C)CO)c12. The van der Waals surface area contributed by atoms with Gasteiger partial charge in [-0.1, -0.05) is 43.3 Å². The molecule has 0 saturated heterocycles. The first-order chi connectivity index (χ1) is 7.24.